The summed E-state index contributed by atoms with van der Waals surface area (Å²) in [5, 5.41) is 4.28. The number of amides is 1. The zero-order valence-electron chi connectivity index (χ0n) is 17.0. The van der Waals surface area contributed by atoms with Crippen LogP contribution in [0.1, 0.15) is 78.6 Å². The van der Waals surface area contributed by atoms with E-state index in [1.54, 1.807) is 6.92 Å². The molecule has 0 saturated heterocycles. The number of hydrogen-bond acceptors (Lipinski definition) is 4. The average molecular weight is 375 g/mol. The molecule has 4 aliphatic carbocycles. The molecule has 0 aromatic rings. The molecule has 0 aromatic heterocycles. The van der Waals surface area contributed by atoms with Crippen molar-refractivity contribution in [3.8, 4) is 0 Å². The summed E-state index contributed by atoms with van der Waals surface area (Å²) in [7, 11) is 0. The van der Waals surface area contributed by atoms with Crippen molar-refractivity contribution >= 4 is 18.1 Å². The molecule has 4 rings (SSSR count). The Hall–Kier alpha value is -1.39. The van der Waals surface area contributed by atoms with E-state index in [1.807, 2.05) is 0 Å². The number of hydrazone groups is 1. The molecule has 5 heteroatoms. The van der Waals surface area contributed by atoms with Gasteiger partial charge in [-0.05, 0) is 86.9 Å². The van der Waals surface area contributed by atoms with Crippen LogP contribution in [-0.4, -0.2) is 24.2 Å². The molecular formula is C22H34N2O3. The molecule has 1 amide bonds. The van der Waals surface area contributed by atoms with E-state index < -0.39 is 0 Å². The van der Waals surface area contributed by atoms with Crippen LogP contribution in [0.3, 0.4) is 0 Å². The molecule has 27 heavy (non-hydrogen) atoms. The van der Waals surface area contributed by atoms with Crippen LogP contribution < -0.4 is 5.43 Å². The van der Waals surface area contributed by atoms with Crippen LogP contribution in [-0.2, 0) is 14.3 Å². The summed E-state index contributed by atoms with van der Waals surface area (Å²) in [6, 6.07) is 0. The maximum Gasteiger partial charge on any atom is 0.302 e. The molecule has 4 aliphatic rings. The van der Waals surface area contributed by atoms with Crippen molar-refractivity contribution in [1.29, 1.82) is 0 Å². The van der Waals surface area contributed by atoms with Crippen molar-refractivity contribution in [2.24, 2.45) is 39.6 Å². The highest BCUT2D eigenvalue weighted by molar-refractivity contribution is 5.86. The molecule has 0 spiro atoms. The van der Waals surface area contributed by atoms with Gasteiger partial charge < -0.3 is 4.74 Å². The van der Waals surface area contributed by atoms with Gasteiger partial charge in [-0.1, -0.05) is 13.8 Å². The topological polar surface area (TPSA) is 67.8 Å². The monoisotopic (exact) mass is 374 g/mol. The molecule has 1 N–H and O–H groups in total. The first kappa shape index (κ1) is 18.9. The molecule has 0 aliphatic heterocycles. The minimum absolute atomic E-state index is 0.117. The lowest BCUT2D eigenvalue weighted by Gasteiger charge is -2.60. The van der Waals surface area contributed by atoms with Crippen LogP contribution in [0.5, 0.6) is 0 Å². The number of nitrogens with one attached hydrogen (secondary N) is 1. The summed E-state index contributed by atoms with van der Waals surface area (Å²) in [4.78, 5) is 22.1. The summed E-state index contributed by atoms with van der Waals surface area (Å²) in [5.41, 5.74) is 4.23. The fraction of sp³-hybridized carbons (Fsp3) is 0.864. The van der Waals surface area contributed by atoms with Gasteiger partial charge in [-0.2, -0.15) is 5.10 Å². The lowest BCUT2D eigenvalue weighted by molar-refractivity contribution is -0.160. The van der Waals surface area contributed by atoms with Crippen LogP contribution in [0.25, 0.3) is 0 Å². The largest absolute Gasteiger partial charge is 0.462 e. The predicted molar refractivity (Wildman–Crippen MR) is 104 cm³/mol. The molecule has 4 fully saturated rings. The van der Waals surface area contributed by atoms with E-state index >= 15 is 0 Å². The minimum atomic E-state index is -0.123. The van der Waals surface area contributed by atoms with Gasteiger partial charge in [0.25, 0.3) is 0 Å². The molecule has 7 atom stereocenters. The minimum Gasteiger partial charge on any atom is -0.462 e. The second-order valence-electron chi connectivity index (χ2n) is 10.0. The van der Waals surface area contributed by atoms with Gasteiger partial charge in [-0.3, -0.25) is 9.59 Å². The summed E-state index contributed by atoms with van der Waals surface area (Å²) >= 11 is 0. The Balaban J connectivity index is 1.53. The van der Waals surface area contributed by atoms with Crippen LogP contribution >= 0.6 is 0 Å². The maximum atomic E-state index is 11.6. The molecule has 150 valence electrons. The second kappa shape index (κ2) is 6.89. The fourth-order valence-electron chi connectivity index (χ4n) is 7.62. The van der Waals surface area contributed by atoms with Crippen molar-refractivity contribution in [2.45, 2.75) is 84.7 Å². The molecule has 0 bridgehead atoms. The Morgan fingerprint density at radius 1 is 1.11 bits per heavy atom. The maximum absolute atomic E-state index is 11.6. The Kier molecular flexibility index (Phi) is 4.84. The first-order valence-electron chi connectivity index (χ1n) is 10.8. The van der Waals surface area contributed by atoms with E-state index in [0.29, 0.717) is 23.7 Å². The third kappa shape index (κ3) is 3.01. The van der Waals surface area contributed by atoms with Crippen molar-refractivity contribution in [3.63, 3.8) is 0 Å². The number of carbonyl (C=O) groups is 2. The van der Waals surface area contributed by atoms with E-state index in [4.69, 9.17) is 4.74 Å². The molecule has 5 nitrogen and oxygen atoms in total. The first-order chi connectivity index (χ1) is 12.9. The van der Waals surface area contributed by atoms with Crippen molar-refractivity contribution in [1.82, 2.24) is 5.43 Å². The lowest BCUT2D eigenvalue weighted by atomic mass is 9.45. The molecule has 0 heterocycles. The van der Waals surface area contributed by atoms with E-state index in [9.17, 15) is 9.59 Å². The molecular weight excluding hydrogens is 340 g/mol. The van der Waals surface area contributed by atoms with Crippen LogP contribution in [0.4, 0.5) is 0 Å². The smallest absolute Gasteiger partial charge is 0.302 e. The van der Waals surface area contributed by atoms with Gasteiger partial charge in [0.1, 0.15) is 6.10 Å². The molecule has 0 aromatic carbocycles. The normalized spacial score (nSPS) is 47.5. The number of esters is 1. The van der Waals surface area contributed by atoms with Gasteiger partial charge in [0.2, 0.25) is 6.41 Å². The quantitative estimate of drug-likeness (QED) is 0.460. The Bertz CT molecular complexity index is 647. The predicted octanol–water partition coefficient (Wildman–Crippen LogP) is 4.06. The second-order valence-corrected chi connectivity index (χ2v) is 10.0. The summed E-state index contributed by atoms with van der Waals surface area (Å²) in [6.07, 6.45) is 11.3. The van der Waals surface area contributed by atoms with E-state index in [0.717, 1.165) is 31.1 Å². The van der Waals surface area contributed by atoms with Gasteiger partial charge in [0, 0.05) is 18.1 Å². The van der Waals surface area contributed by atoms with Crippen molar-refractivity contribution in [3.05, 3.63) is 0 Å². The third-order valence-corrected chi connectivity index (χ3v) is 9.00. The number of ether oxygens (including phenoxy) is 1. The highest BCUT2D eigenvalue weighted by Gasteiger charge is 2.60. The van der Waals surface area contributed by atoms with Crippen LogP contribution in [0.15, 0.2) is 5.10 Å². The summed E-state index contributed by atoms with van der Waals surface area (Å²) in [6.45, 7) is 6.47. The highest BCUT2D eigenvalue weighted by Crippen LogP contribution is 2.66. The van der Waals surface area contributed by atoms with Gasteiger partial charge in [0.15, 0.2) is 0 Å². The van der Waals surface area contributed by atoms with Gasteiger partial charge >= 0.3 is 5.97 Å². The summed E-state index contributed by atoms with van der Waals surface area (Å²) < 4.78 is 5.76. The zero-order chi connectivity index (χ0) is 19.2. The Labute approximate surface area is 162 Å². The van der Waals surface area contributed by atoms with Gasteiger partial charge in [0.05, 0.1) is 0 Å². The number of hydrogen-bond donors (Lipinski definition) is 1. The number of fused-ring (bicyclic) bond motifs is 5. The molecule has 0 unspecified atom stereocenters. The number of nitrogens with zero attached hydrogens (tertiary/aromatic N) is 1. The van der Waals surface area contributed by atoms with Gasteiger partial charge in [-0.25, -0.2) is 5.43 Å². The van der Waals surface area contributed by atoms with E-state index in [-0.39, 0.29) is 17.5 Å². The SMILES string of the molecule is CC(=O)O[C@H]1CC[C@H]2[C@@H]3CC[C@H]4CC(=NNC=O)CC[C@]4(C)[C@H]3CC[C@]12C. The Morgan fingerprint density at radius 3 is 2.63 bits per heavy atom. The van der Waals surface area contributed by atoms with Crippen LogP contribution in [0, 0.1) is 34.5 Å². The van der Waals surface area contributed by atoms with E-state index in [2.05, 4.69) is 24.4 Å². The standard InChI is InChI=1S/C22H34N2O3/c1-14(26)27-20-7-6-18-17-5-4-15-12-16(24-23-13-25)8-10-21(15,2)19(17)9-11-22(18,20)3/h13,15,17-20H,4-12H2,1-3H3,(H,23,25)/t15-,17-,18-,19-,20-,21-,22-/m0/s1. The summed E-state index contributed by atoms with van der Waals surface area (Å²) in [5.74, 6) is 2.82. The van der Waals surface area contributed by atoms with Crippen LogP contribution in [0.2, 0.25) is 0 Å². The number of carbonyl (C=O) groups excluding carboxylic acids is 2. The molecule has 0 radical (unpaired) electrons. The highest BCUT2D eigenvalue weighted by atomic mass is 16.5. The lowest BCUT2D eigenvalue weighted by Crippen LogP contribution is -2.54. The zero-order valence-corrected chi connectivity index (χ0v) is 17.0. The molecule has 4 saturated carbocycles. The van der Waals surface area contributed by atoms with Crippen molar-refractivity contribution in [2.75, 3.05) is 0 Å². The Morgan fingerprint density at radius 2 is 1.89 bits per heavy atom. The average Bonchev–Trinajstić information content (AvgIpc) is 2.96. The van der Waals surface area contributed by atoms with E-state index in [1.165, 1.54) is 44.2 Å². The number of rotatable bonds is 3. The first-order valence-corrected chi connectivity index (χ1v) is 10.8. The fourth-order valence-corrected chi connectivity index (χ4v) is 7.62. The van der Waals surface area contributed by atoms with Crippen molar-refractivity contribution < 1.29 is 14.3 Å². The third-order valence-electron chi connectivity index (χ3n) is 9.00. The van der Waals surface area contributed by atoms with Gasteiger partial charge in [-0.15, -0.1) is 0 Å².